The van der Waals surface area contributed by atoms with Crippen molar-refractivity contribution in [3.8, 4) is 5.75 Å². The van der Waals surface area contributed by atoms with Gasteiger partial charge in [0, 0.05) is 22.7 Å². The van der Waals surface area contributed by atoms with Crippen LogP contribution < -0.4 is 4.74 Å². The molecule has 0 aliphatic rings. The van der Waals surface area contributed by atoms with E-state index in [-0.39, 0.29) is 11.3 Å². The Hall–Kier alpha value is -2.21. The lowest BCUT2D eigenvalue weighted by molar-refractivity contribution is 0.0696. The first-order chi connectivity index (χ1) is 9.99. The molecule has 0 amide bonds. The molecule has 0 aliphatic carbocycles. The molecule has 6 heteroatoms. The van der Waals surface area contributed by atoms with Gasteiger partial charge in [-0.05, 0) is 25.1 Å². The SMILES string of the molecule is COc1cc(C)nc(CS(=O)c2cccc(C(=O)O)c2)c1. The van der Waals surface area contributed by atoms with E-state index in [9.17, 15) is 9.00 Å². The summed E-state index contributed by atoms with van der Waals surface area (Å²) in [5, 5.41) is 8.96. The Morgan fingerprint density at radius 2 is 2.10 bits per heavy atom. The second kappa shape index (κ2) is 6.49. The summed E-state index contributed by atoms with van der Waals surface area (Å²) in [6, 6.07) is 9.64. The summed E-state index contributed by atoms with van der Waals surface area (Å²) in [6.07, 6.45) is 0. The number of methoxy groups -OCH3 is 1. The number of carboxylic acid groups (broad SMARTS) is 1. The minimum atomic E-state index is -1.36. The van der Waals surface area contributed by atoms with Crippen molar-refractivity contribution in [3.05, 3.63) is 53.3 Å². The molecule has 0 bridgehead atoms. The van der Waals surface area contributed by atoms with Crippen LogP contribution in [0.4, 0.5) is 0 Å². The Bertz CT molecular complexity index is 700. The molecule has 21 heavy (non-hydrogen) atoms. The highest BCUT2D eigenvalue weighted by Crippen LogP contribution is 2.18. The van der Waals surface area contributed by atoms with E-state index >= 15 is 0 Å². The van der Waals surface area contributed by atoms with Gasteiger partial charge in [0.1, 0.15) is 5.75 Å². The summed E-state index contributed by atoms with van der Waals surface area (Å²) in [4.78, 5) is 15.7. The second-order valence-electron chi connectivity index (χ2n) is 4.46. The van der Waals surface area contributed by atoms with Crippen LogP contribution in [0.1, 0.15) is 21.7 Å². The average Bonchev–Trinajstić information content (AvgIpc) is 2.46. The van der Waals surface area contributed by atoms with Crippen LogP contribution in [0.15, 0.2) is 41.3 Å². The third-order valence-electron chi connectivity index (χ3n) is 2.84. The summed E-state index contributed by atoms with van der Waals surface area (Å²) in [5.74, 6) is -0.167. The number of benzene rings is 1. The molecule has 0 spiro atoms. The number of carbonyl (C=O) groups is 1. The van der Waals surface area contributed by atoms with Crippen LogP contribution in [0, 0.1) is 6.92 Å². The zero-order chi connectivity index (χ0) is 15.4. The number of ether oxygens (including phenoxy) is 1. The lowest BCUT2D eigenvalue weighted by Gasteiger charge is -2.07. The summed E-state index contributed by atoms with van der Waals surface area (Å²) in [7, 11) is 0.200. The Morgan fingerprint density at radius 3 is 2.76 bits per heavy atom. The number of rotatable bonds is 5. The largest absolute Gasteiger partial charge is 0.497 e. The first-order valence-corrected chi connectivity index (χ1v) is 7.55. The summed E-state index contributed by atoms with van der Waals surface area (Å²) < 4.78 is 17.5. The molecule has 1 aromatic carbocycles. The van der Waals surface area contributed by atoms with E-state index in [0.29, 0.717) is 16.3 Å². The van der Waals surface area contributed by atoms with E-state index < -0.39 is 16.8 Å². The molecule has 2 rings (SSSR count). The first-order valence-electron chi connectivity index (χ1n) is 6.23. The van der Waals surface area contributed by atoms with Gasteiger partial charge >= 0.3 is 5.97 Å². The monoisotopic (exact) mass is 305 g/mol. The number of aromatic carboxylic acids is 1. The molecule has 1 N–H and O–H groups in total. The molecule has 1 unspecified atom stereocenters. The Balaban J connectivity index is 2.23. The quantitative estimate of drug-likeness (QED) is 0.918. The van der Waals surface area contributed by atoms with Gasteiger partial charge < -0.3 is 9.84 Å². The molecule has 0 radical (unpaired) electrons. The predicted molar refractivity (Wildman–Crippen MR) is 79.0 cm³/mol. The van der Waals surface area contributed by atoms with Gasteiger partial charge in [-0.3, -0.25) is 9.19 Å². The van der Waals surface area contributed by atoms with Gasteiger partial charge in [0.15, 0.2) is 0 Å². The highest BCUT2D eigenvalue weighted by Gasteiger charge is 2.11. The van der Waals surface area contributed by atoms with Crippen molar-refractivity contribution >= 4 is 16.8 Å². The molecule has 0 saturated carbocycles. The highest BCUT2D eigenvalue weighted by atomic mass is 32.2. The fourth-order valence-corrected chi connectivity index (χ4v) is 2.95. The number of carboxylic acids is 1. The molecule has 1 heterocycles. The van der Waals surface area contributed by atoms with Crippen LogP contribution in [0.2, 0.25) is 0 Å². The normalized spacial score (nSPS) is 11.9. The lowest BCUT2D eigenvalue weighted by atomic mass is 10.2. The Kier molecular flexibility index (Phi) is 4.70. The third kappa shape index (κ3) is 3.88. The van der Waals surface area contributed by atoms with Gasteiger partial charge in [0.05, 0.1) is 34.9 Å². The zero-order valence-electron chi connectivity index (χ0n) is 11.7. The van der Waals surface area contributed by atoms with Crippen LogP contribution in [0.25, 0.3) is 0 Å². The molecule has 2 aromatic rings. The van der Waals surface area contributed by atoms with Crippen molar-refractivity contribution in [1.82, 2.24) is 4.98 Å². The predicted octanol–water partition coefficient (Wildman–Crippen LogP) is 2.40. The smallest absolute Gasteiger partial charge is 0.335 e. The van der Waals surface area contributed by atoms with Crippen LogP contribution >= 0.6 is 0 Å². The minimum absolute atomic E-state index is 0.121. The zero-order valence-corrected chi connectivity index (χ0v) is 12.5. The Morgan fingerprint density at radius 1 is 1.33 bits per heavy atom. The van der Waals surface area contributed by atoms with Gasteiger partial charge in [0.2, 0.25) is 0 Å². The van der Waals surface area contributed by atoms with E-state index in [4.69, 9.17) is 9.84 Å². The fraction of sp³-hybridized carbons (Fsp3) is 0.200. The summed E-state index contributed by atoms with van der Waals surface area (Å²) in [6.45, 7) is 1.83. The molecular formula is C15H15NO4S. The van der Waals surface area contributed by atoms with E-state index in [0.717, 1.165) is 5.69 Å². The second-order valence-corrected chi connectivity index (χ2v) is 5.91. The van der Waals surface area contributed by atoms with E-state index in [1.165, 1.54) is 12.1 Å². The van der Waals surface area contributed by atoms with Gasteiger partial charge in [-0.25, -0.2) is 4.79 Å². The molecule has 110 valence electrons. The van der Waals surface area contributed by atoms with Crippen molar-refractivity contribution < 1.29 is 18.8 Å². The maximum atomic E-state index is 12.3. The van der Waals surface area contributed by atoms with E-state index in [1.807, 2.05) is 6.92 Å². The van der Waals surface area contributed by atoms with Crippen molar-refractivity contribution in [1.29, 1.82) is 0 Å². The number of pyridine rings is 1. The van der Waals surface area contributed by atoms with Crippen molar-refractivity contribution in [3.63, 3.8) is 0 Å². The molecule has 1 aromatic heterocycles. The third-order valence-corrected chi connectivity index (χ3v) is 4.18. The lowest BCUT2D eigenvalue weighted by Crippen LogP contribution is -2.03. The topological polar surface area (TPSA) is 76.5 Å². The fourth-order valence-electron chi connectivity index (χ4n) is 1.88. The maximum Gasteiger partial charge on any atom is 0.335 e. The van der Waals surface area contributed by atoms with Crippen molar-refractivity contribution in [2.75, 3.05) is 7.11 Å². The summed E-state index contributed by atoms with van der Waals surface area (Å²) >= 11 is 0. The number of hydrogen-bond donors (Lipinski definition) is 1. The van der Waals surface area contributed by atoms with Crippen LogP contribution in [-0.2, 0) is 16.6 Å². The standard InChI is InChI=1S/C15H15NO4S/c1-10-6-13(20-2)8-12(16-10)9-21(19)14-5-3-4-11(7-14)15(17)18/h3-8H,9H2,1-2H3,(H,17,18). The van der Waals surface area contributed by atoms with Crippen molar-refractivity contribution in [2.24, 2.45) is 0 Å². The summed E-state index contributed by atoms with van der Waals surface area (Å²) in [5.41, 5.74) is 1.54. The molecule has 1 atom stereocenters. The van der Waals surface area contributed by atoms with Crippen LogP contribution in [0.3, 0.4) is 0 Å². The molecular weight excluding hydrogens is 290 g/mol. The van der Waals surface area contributed by atoms with Crippen LogP contribution in [-0.4, -0.2) is 27.4 Å². The number of aryl methyl sites for hydroxylation is 1. The highest BCUT2D eigenvalue weighted by molar-refractivity contribution is 7.84. The van der Waals surface area contributed by atoms with E-state index in [1.54, 1.807) is 31.4 Å². The van der Waals surface area contributed by atoms with Crippen molar-refractivity contribution in [2.45, 2.75) is 17.6 Å². The number of nitrogens with zero attached hydrogens (tertiary/aromatic N) is 1. The van der Waals surface area contributed by atoms with Gasteiger partial charge in [-0.2, -0.15) is 0 Å². The number of aromatic nitrogens is 1. The van der Waals surface area contributed by atoms with Crippen LogP contribution in [0.5, 0.6) is 5.75 Å². The first kappa shape index (κ1) is 15.2. The van der Waals surface area contributed by atoms with E-state index in [2.05, 4.69) is 4.98 Å². The average molecular weight is 305 g/mol. The molecule has 0 fully saturated rings. The van der Waals surface area contributed by atoms with Gasteiger partial charge in [-0.1, -0.05) is 6.07 Å². The number of hydrogen-bond acceptors (Lipinski definition) is 4. The minimum Gasteiger partial charge on any atom is -0.497 e. The Labute approximate surface area is 125 Å². The maximum absolute atomic E-state index is 12.3. The molecule has 0 saturated heterocycles. The molecule has 5 nitrogen and oxygen atoms in total. The van der Waals surface area contributed by atoms with Gasteiger partial charge in [0.25, 0.3) is 0 Å². The molecule has 0 aliphatic heterocycles. The van der Waals surface area contributed by atoms with Gasteiger partial charge in [-0.15, -0.1) is 0 Å².